The Labute approximate surface area is 122 Å². The number of aryl methyl sites for hydroxylation is 1. The highest BCUT2D eigenvalue weighted by atomic mass is 35.5. The first-order chi connectivity index (χ1) is 9.72. The maximum absolute atomic E-state index is 13.4. The Kier molecular flexibility index (Phi) is 5.49. The molecule has 0 saturated carbocycles. The van der Waals surface area contributed by atoms with Crippen molar-refractivity contribution in [3.63, 3.8) is 0 Å². The van der Waals surface area contributed by atoms with Crippen LogP contribution in [-0.4, -0.2) is 23.3 Å². The number of rotatable bonds is 7. The summed E-state index contributed by atoms with van der Waals surface area (Å²) in [6.45, 7) is 4.04. The molecule has 6 heteroatoms. The van der Waals surface area contributed by atoms with E-state index in [1.165, 1.54) is 6.07 Å². The summed E-state index contributed by atoms with van der Waals surface area (Å²) in [5, 5.41) is 11.2. The van der Waals surface area contributed by atoms with Crippen molar-refractivity contribution in [3.8, 4) is 11.5 Å². The maximum atomic E-state index is 13.4. The van der Waals surface area contributed by atoms with E-state index in [4.69, 9.17) is 16.0 Å². The molecule has 0 bridgehead atoms. The van der Waals surface area contributed by atoms with Gasteiger partial charge in [-0.05, 0) is 38.1 Å². The molecule has 0 aliphatic rings. The van der Waals surface area contributed by atoms with Crippen molar-refractivity contribution in [2.24, 2.45) is 0 Å². The average Bonchev–Trinajstić information content (AvgIpc) is 2.90. The van der Waals surface area contributed by atoms with Crippen molar-refractivity contribution in [2.45, 2.75) is 26.2 Å². The van der Waals surface area contributed by atoms with Gasteiger partial charge in [-0.3, -0.25) is 0 Å². The molecule has 2 rings (SSSR count). The van der Waals surface area contributed by atoms with E-state index in [1.54, 1.807) is 12.1 Å². The lowest BCUT2D eigenvalue weighted by molar-refractivity contribution is 0.491. The fraction of sp³-hybridized carbons (Fsp3) is 0.429. The van der Waals surface area contributed by atoms with E-state index in [-0.39, 0.29) is 10.9 Å². The van der Waals surface area contributed by atoms with Crippen LogP contribution in [-0.2, 0) is 6.42 Å². The first kappa shape index (κ1) is 14.9. The zero-order valence-electron chi connectivity index (χ0n) is 11.3. The molecule has 0 radical (unpaired) electrons. The van der Waals surface area contributed by atoms with Gasteiger partial charge in [-0.1, -0.05) is 24.6 Å². The zero-order valence-corrected chi connectivity index (χ0v) is 12.1. The number of hydrogen-bond donors (Lipinski definition) is 1. The summed E-state index contributed by atoms with van der Waals surface area (Å²) in [6, 6.07) is 4.52. The van der Waals surface area contributed by atoms with Crippen molar-refractivity contribution in [3.05, 3.63) is 34.9 Å². The van der Waals surface area contributed by atoms with Crippen LogP contribution >= 0.6 is 11.6 Å². The summed E-state index contributed by atoms with van der Waals surface area (Å²) in [4.78, 5) is 0. The third kappa shape index (κ3) is 3.77. The fourth-order valence-electron chi connectivity index (χ4n) is 1.80. The van der Waals surface area contributed by atoms with Gasteiger partial charge in [0.1, 0.15) is 5.82 Å². The Morgan fingerprint density at radius 2 is 2.15 bits per heavy atom. The van der Waals surface area contributed by atoms with Crippen LogP contribution in [0.1, 0.15) is 25.7 Å². The Hall–Kier alpha value is -1.46. The van der Waals surface area contributed by atoms with Gasteiger partial charge >= 0.3 is 0 Å². The molecule has 0 amide bonds. The van der Waals surface area contributed by atoms with Crippen molar-refractivity contribution in [1.29, 1.82) is 0 Å². The molecule has 2 aromatic rings. The Morgan fingerprint density at radius 1 is 1.30 bits per heavy atom. The summed E-state index contributed by atoms with van der Waals surface area (Å²) in [7, 11) is 0. The van der Waals surface area contributed by atoms with Crippen LogP contribution in [0.25, 0.3) is 11.5 Å². The van der Waals surface area contributed by atoms with E-state index < -0.39 is 5.82 Å². The van der Waals surface area contributed by atoms with Crippen LogP contribution in [0.3, 0.4) is 0 Å². The first-order valence-corrected chi connectivity index (χ1v) is 7.07. The highest BCUT2D eigenvalue weighted by molar-refractivity contribution is 6.33. The van der Waals surface area contributed by atoms with Crippen molar-refractivity contribution in [1.82, 2.24) is 15.5 Å². The van der Waals surface area contributed by atoms with Crippen LogP contribution in [0.4, 0.5) is 4.39 Å². The predicted octanol–water partition coefficient (Wildman–Crippen LogP) is 3.46. The molecule has 1 N–H and O–H groups in total. The third-order valence-electron chi connectivity index (χ3n) is 2.82. The van der Waals surface area contributed by atoms with E-state index in [2.05, 4.69) is 22.4 Å². The molecule has 4 nitrogen and oxygen atoms in total. The summed E-state index contributed by atoms with van der Waals surface area (Å²) in [5.74, 6) is 0.303. The molecular weight excluding hydrogens is 281 g/mol. The molecule has 0 saturated heterocycles. The summed E-state index contributed by atoms with van der Waals surface area (Å²) >= 11 is 5.89. The largest absolute Gasteiger partial charge is 0.421 e. The molecule has 1 heterocycles. The van der Waals surface area contributed by atoms with Crippen LogP contribution in [0, 0.1) is 5.82 Å². The lowest BCUT2D eigenvalue weighted by Crippen LogP contribution is -2.16. The van der Waals surface area contributed by atoms with E-state index in [0.717, 1.165) is 25.9 Å². The Morgan fingerprint density at radius 3 is 2.95 bits per heavy atom. The van der Waals surface area contributed by atoms with Crippen LogP contribution in [0.15, 0.2) is 22.6 Å². The second kappa shape index (κ2) is 7.36. The lowest BCUT2D eigenvalue weighted by atomic mass is 10.2. The normalized spacial score (nSPS) is 10.9. The second-order valence-electron chi connectivity index (χ2n) is 4.46. The van der Waals surface area contributed by atoms with Crippen molar-refractivity contribution < 1.29 is 8.81 Å². The molecule has 0 fully saturated rings. The highest BCUT2D eigenvalue weighted by Gasteiger charge is 2.14. The standard InChI is InChI=1S/C14H17ClFN3O/c1-2-8-17-9-4-7-12-18-19-14(20-12)10-5-3-6-11(16)13(10)15/h3,5-6,17H,2,4,7-9H2,1H3. The minimum Gasteiger partial charge on any atom is -0.421 e. The van der Waals surface area contributed by atoms with E-state index in [9.17, 15) is 4.39 Å². The smallest absolute Gasteiger partial charge is 0.249 e. The molecule has 0 atom stereocenters. The minimum absolute atomic E-state index is 0.00677. The molecule has 108 valence electrons. The van der Waals surface area contributed by atoms with E-state index in [0.29, 0.717) is 17.9 Å². The molecule has 1 aromatic heterocycles. The van der Waals surface area contributed by atoms with Gasteiger partial charge in [-0.25, -0.2) is 4.39 Å². The highest BCUT2D eigenvalue weighted by Crippen LogP contribution is 2.28. The third-order valence-corrected chi connectivity index (χ3v) is 3.20. The monoisotopic (exact) mass is 297 g/mol. The molecule has 1 aromatic carbocycles. The van der Waals surface area contributed by atoms with Crippen LogP contribution < -0.4 is 5.32 Å². The van der Waals surface area contributed by atoms with E-state index >= 15 is 0 Å². The topological polar surface area (TPSA) is 51.0 Å². The molecule has 0 aliphatic heterocycles. The van der Waals surface area contributed by atoms with Gasteiger partial charge in [-0.2, -0.15) is 0 Å². The molecular formula is C14H17ClFN3O. The number of nitrogens with one attached hydrogen (secondary N) is 1. The van der Waals surface area contributed by atoms with E-state index in [1.807, 2.05) is 0 Å². The quantitative estimate of drug-likeness (QED) is 0.795. The van der Waals surface area contributed by atoms with Gasteiger partial charge in [0.2, 0.25) is 11.8 Å². The second-order valence-corrected chi connectivity index (χ2v) is 4.83. The molecule has 0 aliphatic carbocycles. The number of aromatic nitrogens is 2. The predicted molar refractivity (Wildman–Crippen MR) is 76.2 cm³/mol. The number of benzene rings is 1. The van der Waals surface area contributed by atoms with Gasteiger partial charge < -0.3 is 9.73 Å². The van der Waals surface area contributed by atoms with Gasteiger partial charge in [0.15, 0.2) is 0 Å². The number of hydrogen-bond acceptors (Lipinski definition) is 4. The Bertz CT molecular complexity index is 559. The first-order valence-electron chi connectivity index (χ1n) is 6.70. The lowest BCUT2D eigenvalue weighted by Gasteiger charge is -2.00. The van der Waals surface area contributed by atoms with Crippen molar-refractivity contribution in [2.75, 3.05) is 13.1 Å². The summed E-state index contributed by atoms with van der Waals surface area (Å²) in [6.07, 6.45) is 2.72. The summed E-state index contributed by atoms with van der Waals surface area (Å²) in [5.41, 5.74) is 0.425. The van der Waals surface area contributed by atoms with Crippen LogP contribution in [0.5, 0.6) is 0 Å². The molecule has 0 spiro atoms. The summed E-state index contributed by atoms with van der Waals surface area (Å²) < 4.78 is 18.9. The van der Waals surface area contributed by atoms with Crippen LogP contribution in [0.2, 0.25) is 5.02 Å². The van der Waals surface area contributed by atoms with Gasteiger partial charge in [0, 0.05) is 6.42 Å². The SMILES string of the molecule is CCCNCCCc1nnc(-c2cccc(F)c2Cl)o1. The number of nitrogens with zero attached hydrogens (tertiary/aromatic N) is 2. The average molecular weight is 298 g/mol. The fourth-order valence-corrected chi connectivity index (χ4v) is 2.01. The van der Waals surface area contributed by atoms with Gasteiger partial charge in [-0.15, -0.1) is 10.2 Å². The van der Waals surface area contributed by atoms with Crippen molar-refractivity contribution >= 4 is 11.6 Å². The Balaban J connectivity index is 1.97. The molecule has 20 heavy (non-hydrogen) atoms. The number of halogens is 2. The van der Waals surface area contributed by atoms with Gasteiger partial charge in [0.05, 0.1) is 10.6 Å². The maximum Gasteiger partial charge on any atom is 0.249 e. The molecule has 0 unspecified atom stereocenters. The van der Waals surface area contributed by atoms with Gasteiger partial charge in [0.25, 0.3) is 0 Å². The zero-order chi connectivity index (χ0) is 14.4. The minimum atomic E-state index is -0.493.